The second kappa shape index (κ2) is 7.51. The van der Waals surface area contributed by atoms with Gasteiger partial charge in [-0.15, -0.1) is 0 Å². The van der Waals surface area contributed by atoms with E-state index in [0.29, 0.717) is 30.4 Å². The van der Waals surface area contributed by atoms with Gasteiger partial charge < -0.3 is 20.7 Å². The van der Waals surface area contributed by atoms with E-state index in [-0.39, 0.29) is 29.6 Å². The van der Waals surface area contributed by atoms with Gasteiger partial charge in [-0.1, -0.05) is 30.7 Å². The number of phenolic OH excluding ortho intramolecular Hbond substituents is 1. The molecule has 6 atom stereocenters. The third-order valence-electron chi connectivity index (χ3n) is 9.03. The molecule has 4 nitrogen and oxygen atoms in total. The summed E-state index contributed by atoms with van der Waals surface area (Å²) in [5.74, 6) is 8.59. The van der Waals surface area contributed by atoms with Crippen LogP contribution in [0.1, 0.15) is 69.9 Å². The van der Waals surface area contributed by atoms with Crippen LogP contribution in [0.3, 0.4) is 0 Å². The van der Waals surface area contributed by atoms with E-state index in [9.17, 15) is 10.2 Å². The lowest BCUT2D eigenvalue weighted by atomic mass is 9.48. The van der Waals surface area contributed by atoms with Gasteiger partial charge in [0.25, 0.3) is 0 Å². The molecule has 2 saturated heterocycles. The van der Waals surface area contributed by atoms with Crippen molar-refractivity contribution >= 4 is 0 Å². The number of hydrogen-bond donors (Lipinski definition) is 3. The van der Waals surface area contributed by atoms with Gasteiger partial charge in [-0.2, -0.15) is 0 Å². The van der Waals surface area contributed by atoms with Gasteiger partial charge in [0.2, 0.25) is 0 Å². The molecule has 3 aliphatic carbocycles. The Balaban J connectivity index is 1.65. The lowest BCUT2D eigenvalue weighted by Gasteiger charge is -2.68. The van der Waals surface area contributed by atoms with Crippen molar-refractivity contribution in [3.05, 3.63) is 29.3 Å². The highest BCUT2D eigenvalue weighted by molar-refractivity contribution is 5.39. The normalized spacial score (nSPS) is 40.6. The minimum atomic E-state index is -0.537. The molecule has 2 saturated carbocycles. The van der Waals surface area contributed by atoms with Crippen LogP contribution in [0.15, 0.2) is 18.2 Å². The van der Waals surface area contributed by atoms with E-state index in [1.165, 1.54) is 24.8 Å². The van der Waals surface area contributed by atoms with Crippen LogP contribution in [0, 0.1) is 35.5 Å². The van der Waals surface area contributed by atoms with E-state index in [2.05, 4.69) is 31.8 Å². The van der Waals surface area contributed by atoms with Crippen LogP contribution in [-0.4, -0.2) is 33.6 Å². The number of aliphatic hydroxyl groups excluding tert-OH is 1. The molecule has 2 aliphatic heterocycles. The smallest absolute Gasteiger partial charge is 0.115 e. The Morgan fingerprint density at radius 2 is 2.03 bits per heavy atom. The fourth-order valence-corrected chi connectivity index (χ4v) is 7.85. The third-order valence-corrected chi connectivity index (χ3v) is 9.03. The predicted molar refractivity (Wildman–Crippen MR) is 121 cm³/mol. The summed E-state index contributed by atoms with van der Waals surface area (Å²) in [5, 5.41) is 20.1. The van der Waals surface area contributed by atoms with Crippen LogP contribution in [0.5, 0.6) is 5.75 Å². The Morgan fingerprint density at radius 1 is 1.19 bits per heavy atom. The summed E-state index contributed by atoms with van der Waals surface area (Å²) >= 11 is 0. The van der Waals surface area contributed by atoms with E-state index in [4.69, 9.17) is 10.5 Å². The largest absolute Gasteiger partial charge is 0.508 e. The Bertz CT molecular complexity index is 915. The first-order chi connectivity index (χ1) is 14.8. The Morgan fingerprint density at radius 3 is 2.81 bits per heavy atom. The van der Waals surface area contributed by atoms with Gasteiger partial charge in [0.15, 0.2) is 0 Å². The number of hydrogen-bond acceptors (Lipinski definition) is 4. The second-order valence-corrected chi connectivity index (χ2v) is 11.2. The summed E-state index contributed by atoms with van der Waals surface area (Å²) in [4.78, 5) is 0. The maximum absolute atomic E-state index is 10.1. The van der Waals surface area contributed by atoms with E-state index >= 15 is 0 Å². The van der Waals surface area contributed by atoms with Crippen LogP contribution < -0.4 is 5.73 Å². The maximum Gasteiger partial charge on any atom is 0.115 e. The Labute approximate surface area is 186 Å². The monoisotopic (exact) mass is 423 g/mol. The number of ether oxygens (including phenoxy) is 1. The topological polar surface area (TPSA) is 75.7 Å². The number of aromatic hydroxyl groups is 1. The maximum atomic E-state index is 10.1. The van der Waals surface area contributed by atoms with Crippen molar-refractivity contribution in [1.29, 1.82) is 0 Å². The summed E-state index contributed by atoms with van der Waals surface area (Å²) in [6, 6.07) is 5.78. The molecule has 4 N–H and O–H groups in total. The van der Waals surface area contributed by atoms with Crippen molar-refractivity contribution in [2.24, 2.45) is 29.4 Å². The van der Waals surface area contributed by atoms with Gasteiger partial charge in [-0.05, 0) is 87.5 Å². The van der Waals surface area contributed by atoms with Crippen LogP contribution in [0.4, 0.5) is 0 Å². The average molecular weight is 424 g/mol. The molecular weight excluding hydrogens is 386 g/mol. The molecular formula is C27H37NO3. The number of aliphatic hydroxyl groups is 1. The highest BCUT2D eigenvalue weighted by Gasteiger charge is 2.68. The molecule has 168 valence electrons. The number of rotatable bonds is 2. The van der Waals surface area contributed by atoms with E-state index in [1.807, 2.05) is 12.1 Å². The summed E-state index contributed by atoms with van der Waals surface area (Å²) in [6.07, 6.45) is 9.10. The van der Waals surface area contributed by atoms with Gasteiger partial charge >= 0.3 is 0 Å². The highest BCUT2D eigenvalue weighted by Crippen LogP contribution is 2.62. The molecule has 0 amide bonds. The molecule has 1 aromatic rings. The van der Waals surface area contributed by atoms with Crippen LogP contribution in [0.25, 0.3) is 0 Å². The minimum Gasteiger partial charge on any atom is -0.508 e. The molecule has 4 heteroatoms. The van der Waals surface area contributed by atoms with Gasteiger partial charge in [-0.25, -0.2) is 0 Å². The molecule has 4 fully saturated rings. The summed E-state index contributed by atoms with van der Waals surface area (Å²) < 4.78 is 7.06. The average Bonchev–Trinajstić information content (AvgIpc) is 2.72. The Hall–Kier alpha value is -1.54. The number of fused-ring (bicyclic) bond motifs is 5. The fraction of sp³-hybridized carbons (Fsp3) is 0.704. The first-order valence-corrected chi connectivity index (χ1v) is 12.2. The van der Waals surface area contributed by atoms with Gasteiger partial charge in [0, 0.05) is 24.5 Å². The lowest BCUT2D eigenvalue weighted by molar-refractivity contribution is -0.306. The minimum absolute atomic E-state index is 0.0680. The highest BCUT2D eigenvalue weighted by atomic mass is 16.5. The van der Waals surface area contributed by atoms with Gasteiger partial charge in [-0.3, -0.25) is 0 Å². The number of benzene rings is 1. The van der Waals surface area contributed by atoms with Crippen molar-refractivity contribution in [2.45, 2.75) is 88.4 Å². The molecule has 31 heavy (non-hydrogen) atoms. The lowest BCUT2D eigenvalue weighted by Crippen LogP contribution is -2.77. The quantitative estimate of drug-likeness (QED) is 0.630. The van der Waals surface area contributed by atoms with Crippen molar-refractivity contribution in [1.82, 2.24) is 0 Å². The molecule has 4 bridgehead atoms. The van der Waals surface area contributed by atoms with Crippen molar-refractivity contribution in [3.8, 4) is 17.6 Å². The molecule has 2 heterocycles. The zero-order valence-electron chi connectivity index (χ0n) is 19.0. The first-order valence-electron chi connectivity index (χ1n) is 12.2. The third kappa shape index (κ3) is 3.32. The molecule has 5 aliphatic rings. The molecule has 0 aromatic heterocycles. The first kappa shape index (κ1) is 21.3. The predicted octanol–water partition coefficient (Wildman–Crippen LogP) is 3.95. The van der Waals surface area contributed by atoms with Gasteiger partial charge in [0.1, 0.15) is 5.75 Å². The second-order valence-electron chi connectivity index (χ2n) is 11.2. The van der Waals surface area contributed by atoms with E-state index in [0.717, 1.165) is 31.2 Å². The molecule has 0 unspecified atom stereocenters. The fourth-order valence-electron chi connectivity index (χ4n) is 7.85. The van der Waals surface area contributed by atoms with Crippen LogP contribution in [-0.2, 0) is 17.6 Å². The SMILES string of the molecule is CC1(C)O[C@@]23CC[C@@H]1[C@](N)(CCO)[C@H]2C#CCc1cc(O)ccc1C[C@@H]1CCC[C@H]3C1. The van der Waals surface area contributed by atoms with Crippen LogP contribution in [0.2, 0.25) is 0 Å². The Kier molecular flexibility index (Phi) is 5.16. The zero-order valence-corrected chi connectivity index (χ0v) is 19.0. The van der Waals surface area contributed by atoms with Gasteiger partial charge in [0.05, 0.1) is 17.1 Å². The van der Waals surface area contributed by atoms with Crippen LogP contribution >= 0.6 is 0 Å². The van der Waals surface area contributed by atoms with Crippen molar-refractivity contribution in [3.63, 3.8) is 0 Å². The molecule has 0 radical (unpaired) electrons. The molecule has 1 spiro atoms. The van der Waals surface area contributed by atoms with Crippen molar-refractivity contribution in [2.75, 3.05) is 6.61 Å². The van der Waals surface area contributed by atoms with Crippen molar-refractivity contribution < 1.29 is 14.9 Å². The summed E-state index contributed by atoms with van der Waals surface area (Å²) in [6.45, 7) is 4.48. The summed E-state index contributed by atoms with van der Waals surface area (Å²) in [7, 11) is 0. The van der Waals surface area contributed by atoms with E-state index in [1.54, 1.807) is 0 Å². The summed E-state index contributed by atoms with van der Waals surface area (Å²) in [5.41, 5.74) is 8.52. The van der Waals surface area contributed by atoms with E-state index < -0.39 is 5.54 Å². The molecule has 6 rings (SSSR count). The number of phenols is 1. The number of nitrogens with two attached hydrogens (primary N) is 1. The standard InChI is InChI=1S/C27H37NO3/c1-25(2)23-11-12-27(31-25)21-7-3-5-18(16-21)15-20-9-10-22(30)17-19(20)6-4-8-24(27)26(23,28)13-14-29/h9-10,17-18,21,23-24,29-30H,3,5-7,11-16,28H2,1-2H3/t18-,21-,23-,24+,26+,27+/m0/s1. The zero-order chi connectivity index (χ0) is 21.9. The molecule has 1 aromatic carbocycles.